The van der Waals surface area contributed by atoms with Gasteiger partial charge in [0.15, 0.2) is 0 Å². The van der Waals surface area contributed by atoms with Gasteiger partial charge in [0.05, 0.1) is 6.10 Å². The van der Waals surface area contributed by atoms with E-state index in [1.165, 1.54) is 11.1 Å². The molecule has 25 heavy (non-hydrogen) atoms. The third kappa shape index (κ3) is 6.45. The van der Waals surface area contributed by atoms with Crippen LogP contribution in [0.15, 0.2) is 60.7 Å². The molecule has 0 bridgehead atoms. The third-order valence-corrected chi connectivity index (χ3v) is 4.42. The number of aliphatic hydroxyl groups excluding tert-OH is 1. The number of hydrogen-bond acceptors (Lipinski definition) is 3. The number of nitrogens with zero attached hydrogens (tertiary/aromatic N) is 1. The Balaban J connectivity index is 2.26. The maximum Gasteiger partial charge on any atom is 0.122 e. The second-order valence-corrected chi connectivity index (χ2v) is 7.04. The molecule has 0 fully saturated rings. The molecule has 0 heterocycles. The highest BCUT2D eigenvalue weighted by atomic mass is 16.3. The number of aldehydes is 1. The minimum atomic E-state index is -0.646. The molecule has 3 nitrogen and oxygen atoms in total. The summed E-state index contributed by atoms with van der Waals surface area (Å²) < 4.78 is 0. The number of rotatable bonds is 10. The van der Waals surface area contributed by atoms with Crippen molar-refractivity contribution in [1.29, 1.82) is 0 Å². The molecule has 0 saturated heterocycles. The van der Waals surface area contributed by atoms with Crippen LogP contribution in [0.25, 0.3) is 0 Å². The molecule has 0 aliphatic heterocycles. The maximum absolute atomic E-state index is 11.0. The minimum Gasteiger partial charge on any atom is -0.391 e. The summed E-state index contributed by atoms with van der Waals surface area (Å²) in [6.45, 7) is 5.82. The van der Waals surface area contributed by atoms with E-state index in [0.29, 0.717) is 5.92 Å². The van der Waals surface area contributed by atoms with Gasteiger partial charge in [-0.15, -0.1) is 0 Å². The van der Waals surface area contributed by atoms with Crippen LogP contribution in [0, 0.1) is 5.92 Å². The van der Waals surface area contributed by atoms with Gasteiger partial charge in [0.25, 0.3) is 0 Å². The van der Waals surface area contributed by atoms with Crippen LogP contribution in [-0.4, -0.2) is 28.4 Å². The Bertz CT molecular complexity index is 571. The van der Waals surface area contributed by atoms with Crippen molar-refractivity contribution >= 4 is 6.29 Å². The predicted molar refractivity (Wildman–Crippen MR) is 102 cm³/mol. The first-order chi connectivity index (χ1) is 12.1. The van der Waals surface area contributed by atoms with Crippen LogP contribution in [-0.2, 0) is 17.9 Å². The molecule has 0 aromatic heterocycles. The molecule has 0 unspecified atom stereocenters. The molecule has 2 rings (SSSR count). The van der Waals surface area contributed by atoms with Crippen molar-refractivity contribution < 1.29 is 9.90 Å². The Labute approximate surface area is 151 Å². The van der Waals surface area contributed by atoms with Gasteiger partial charge in [0.1, 0.15) is 6.29 Å². The lowest BCUT2D eigenvalue weighted by molar-refractivity contribution is -0.110. The van der Waals surface area contributed by atoms with Crippen molar-refractivity contribution in [3.05, 3.63) is 71.8 Å². The number of carbonyl (C=O) groups excluding carboxylic acids is 1. The fourth-order valence-corrected chi connectivity index (χ4v) is 3.21. The van der Waals surface area contributed by atoms with E-state index in [1.54, 1.807) is 0 Å². The second-order valence-electron chi connectivity index (χ2n) is 7.04. The molecule has 0 aliphatic carbocycles. The van der Waals surface area contributed by atoms with Crippen LogP contribution in [0.3, 0.4) is 0 Å². The Morgan fingerprint density at radius 2 is 1.40 bits per heavy atom. The van der Waals surface area contributed by atoms with E-state index in [0.717, 1.165) is 25.8 Å². The lowest BCUT2D eigenvalue weighted by Gasteiger charge is -2.36. The summed E-state index contributed by atoms with van der Waals surface area (Å²) in [5, 5.41) is 10.6. The van der Waals surface area contributed by atoms with Crippen LogP contribution in [0.2, 0.25) is 0 Å². The summed E-state index contributed by atoms with van der Waals surface area (Å²) in [4.78, 5) is 13.3. The summed E-state index contributed by atoms with van der Waals surface area (Å²) in [5.41, 5.74) is 2.43. The van der Waals surface area contributed by atoms with Crippen molar-refractivity contribution in [2.24, 2.45) is 5.92 Å². The van der Waals surface area contributed by atoms with Gasteiger partial charge < -0.3 is 9.90 Å². The van der Waals surface area contributed by atoms with E-state index in [-0.39, 0.29) is 12.5 Å². The fraction of sp³-hybridized carbons (Fsp3) is 0.409. The Morgan fingerprint density at radius 3 is 1.80 bits per heavy atom. The van der Waals surface area contributed by atoms with Gasteiger partial charge in [0, 0.05) is 25.6 Å². The number of hydrogen-bond donors (Lipinski definition) is 1. The Kier molecular flexibility index (Phi) is 7.83. The zero-order valence-electron chi connectivity index (χ0n) is 15.2. The van der Waals surface area contributed by atoms with Gasteiger partial charge in [-0.2, -0.15) is 0 Å². The monoisotopic (exact) mass is 339 g/mol. The number of benzene rings is 2. The summed E-state index contributed by atoms with van der Waals surface area (Å²) in [5.74, 6) is 0.445. The molecule has 0 spiro atoms. The highest BCUT2D eigenvalue weighted by Crippen LogP contribution is 2.22. The number of carbonyl (C=O) groups is 1. The van der Waals surface area contributed by atoms with E-state index in [9.17, 15) is 9.90 Å². The summed E-state index contributed by atoms with van der Waals surface area (Å²) >= 11 is 0. The van der Waals surface area contributed by atoms with Gasteiger partial charge in [-0.1, -0.05) is 74.5 Å². The molecular weight excluding hydrogens is 310 g/mol. The molecule has 0 amide bonds. The standard InChI is InChI=1S/C22H29NO2/c1-18(2)15-21(22(25)13-14-24)23(16-19-9-5-3-6-10-19)17-20-11-7-4-8-12-20/h3-12,14,18,21-22,25H,13,15-17H2,1-2H3/t21-,22+/m0/s1. The van der Waals surface area contributed by atoms with E-state index in [4.69, 9.17) is 0 Å². The first-order valence-corrected chi connectivity index (χ1v) is 9.03. The van der Waals surface area contributed by atoms with Crippen LogP contribution in [0.4, 0.5) is 0 Å². The van der Waals surface area contributed by atoms with E-state index in [1.807, 2.05) is 36.4 Å². The highest BCUT2D eigenvalue weighted by Gasteiger charge is 2.27. The smallest absolute Gasteiger partial charge is 0.122 e. The average molecular weight is 339 g/mol. The number of aliphatic hydroxyl groups is 1. The van der Waals surface area contributed by atoms with E-state index >= 15 is 0 Å². The fourth-order valence-electron chi connectivity index (χ4n) is 3.21. The molecule has 2 aromatic carbocycles. The summed E-state index contributed by atoms with van der Waals surface area (Å²) in [7, 11) is 0. The molecular formula is C22H29NO2. The van der Waals surface area contributed by atoms with Crippen molar-refractivity contribution in [2.45, 2.75) is 51.9 Å². The summed E-state index contributed by atoms with van der Waals surface area (Å²) in [6.07, 6.45) is 1.21. The van der Waals surface area contributed by atoms with Gasteiger partial charge in [-0.05, 0) is 23.5 Å². The molecule has 2 aromatic rings. The van der Waals surface area contributed by atoms with E-state index < -0.39 is 6.10 Å². The van der Waals surface area contributed by atoms with Crippen molar-refractivity contribution in [3.8, 4) is 0 Å². The highest BCUT2D eigenvalue weighted by molar-refractivity contribution is 5.50. The van der Waals surface area contributed by atoms with Gasteiger partial charge >= 0.3 is 0 Å². The molecule has 0 aliphatic rings. The molecule has 0 saturated carbocycles. The molecule has 0 radical (unpaired) electrons. The second kappa shape index (κ2) is 10.1. The minimum absolute atomic E-state index is 0.0504. The first-order valence-electron chi connectivity index (χ1n) is 9.03. The molecule has 134 valence electrons. The predicted octanol–water partition coefficient (Wildman–Crippen LogP) is 4.05. The zero-order valence-corrected chi connectivity index (χ0v) is 15.2. The summed E-state index contributed by atoms with van der Waals surface area (Å²) in [6, 6.07) is 20.6. The van der Waals surface area contributed by atoms with Crippen molar-refractivity contribution in [3.63, 3.8) is 0 Å². The van der Waals surface area contributed by atoms with Crippen LogP contribution >= 0.6 is 0 Å². The average Bonchev–Trinajstić information content (AvgIpc) is 2.61. The quantitative estimate of drug-likeness (QED) is 0.664. The zero-order chi connectivity index (χ0) is 18.1. The molecule has 3 heteroatoms. The molecule has 2 atom stereocenters. The van der Waals surface area contributed by atoms with Gasteiger partial charge in [-0.3, -0.25) is 4.90 Å². The van der Waals surface area contributed by atoms with Gasteiger partial charge in [0.2, 0.25) is 0 Å². The SMILES string of the molecule is CC(C)C[C@@H]([C@H](O)CC=O)N(Cc1ccccc1)Cc1ccccc1. The third-order valence-electron chi connectivity index (χ3n) is 4.42. The van der Waals surface area contributed by atoms with Crippen molar-refractivity contribution in [2.75, 3.05) is 0 Å². The molecule has 1 N–H and O–H groups in total. The normalized spacial score (nSPS) is 13.8. The Hall–Kier alpha value is -1.97. The largest absolute Gasteiger partial charge is 0.391 e. The lowest BCUT2D eigenvalue weighted by atomic mass is 9.95. The topological polar surface area (TPSA) is 40.5 Å². The van der Waals surface area contributed by atoms with E-state index in [2.05, 4.69) is 43.0 Å². The van der Waals surface area contributed by atoms with Crippen molar-refractivity contribution in [1.82, 2.24) is 4.90 Å². The lowest BCUT2D eigenvalue weighted by Crippen LogP contribution is -2.44. The van der Waals surface area contributed by atoms with Gasteiger partial charge in [-0.25, -0.2) is 0 Å². The van der Waals surface area contributed by atoms with Crippen LogP contribution in [0.1, 0.15) is 37.8 Å². The Morgan fingerprint density at radius 1 is 0.920 bits per heavy atom. The maximum atomic E-state index is 11.0. The van der Waals surface area contributed by atoms with Crippen LogP contribution in [0.5, 0.6) is 0 Å². The first kappa shape index (κ1) is 19.4. The van der Waals surface area contributed by atoms with Crippen LogP contribution < -0.4 is 0 Å².